The highest BCUT2D eigenvalue weighted by molar-refractivity contribution is 9.10. The summed E-state index contributed by atoms with van der Waals surface area (Å²) in [6.07, 6.45) is 2.14. The van der Waals surface area contributed by atoms with Crippen molar-refractivity contribution >= 4 is 39.5 Å². The summed E-state index contributed by atoms with van der Waals surface area (Å²) in [4.78, 5) is 27.9. The molecule has 2 rings (SSSR count). The van der Waals surface area contributed by atoms with Crippen molar-refractivity contribution < 1.29 is 9.59 Å². The molecule has 1 aromatic carbocycles. The zero-order valence-electron chi connectivity index (χ0n) is 11.2. The van der Waals surface area contributed by atoms with Crippen molar-refractivity contribution in [3.8, 4) is 6.07 Å². The Balaban J connectivity index is 2.45. The number of hydrogen-bond donors (Lipinski definition) is 1. The van der Waals surface area contributed by atoms with Crippen molar-refractivity contribution in [1.82, 2.24) is 0 Å². The molecule has 2 amide bonds. The number of nitrogens with two attached hydrogens (primary N) is 1. The monoisotopic (exact) mass is 363 g/mol. The first-order valence-corrected chi connectivity index (χ1v) is 7.72. The number of benzene rings is 1. The Kier molecular flexibility index (Phi) is 4.99. The average molecular weight is 364 g/mol. The molecule has 1 aromatic rings. The topological polar surface area (TPSA) is 64.5 Å². The lowest BCUT2D eigenvalue weighted by atomic mass is 10.00. The van der Waals surface area contributed by atoms with Gasteiger partial charge >= 0.3 is 6.03 Å². The SMILES string of the molecule is CC1=CCC(=O)C(C#[N+]C(N)=O)=C1Sc1cccc(Br)c1. The molecule has 0 heterocycles. The molecule has 0 aromatic heterocycles. The van der Waals surface area contributed by atoms with Gasteiger partial charge in [0.1, 0.15) is 5.57 Å². The van der Waals surface area contributed by atoms with Gasteiger partial charge in [0.2, 0.25) is 6.07 Å². The largest absolute Gasteiger partial charge is 0.596 e. The highest BCUT2D eigenvalue weighted by Gasteiger charge is 2.23. The van der Waals surface area contributed by atoms with Crippen LogP contribution in [0, 0.1) is 6.07 Å². The van der Waals surface area contributed by atoms with Crippen LogP contribution in [-0.4, -0.2) is 11.8 Å². The number of nitrogens with zero attached hydrogens (tertiary/aromatic N) is 1. The molecule has 6 heteroatoms. The van der Waals surface area contributed by atoms with Crippen LogP contribution in [0.15, 0.2) is 55.8 Å². The second-order valence-electron chi connectivity index (χ2n) is 4.34. The molecule has 0 saturated carbocycles. The Labute approximate surface area is 135 Å². The van der Waals surface area contributed by atoms with Crippen LogP contribution >= 0.6 is 27.7 Å². The van der Waals surface area contributed by atoms with Gasteiger partial charge in [-0.1, -0.05) is 39.8 Å². The number of Topliss-reactive ketones (excluding diaryl/α,β-unsaturated/α-hetero) is 1. The van der Waals surface area contributed by atoms with E-state index in [1.807, 2.05) is 37.3 Å². The maximum atomic E-state index is 12.0. The van der Waals surface area contributed by atoms with Gasteiger partial charge in [-0.2, -0.15) is 4.79 Å². The molecule has 0 bridgehead atoms. The molecule has 0 fully saturated rings. The molecular weight excluding hydrogens is 352 g/mol. The van der Waals surface area contributed by atoms with Crippen molar-refractivity contribution in [1.29, 1.82) is 0 Å². The smallest absolute Gasteiger partial charge is 0.293 e. The van der Waals surface area contributed by atoms with E-state index >= 15 is 0 Å². The molecule has 4 nitrogen and oxygen atoms in total. The van der Waals surface area contributed by atoms with Crippen molar-refractivity contribution in [3.05, 3.63) is 55.7 Å². The van der Waals surface area contributed by atoms with Gasteiger partial charge in [0.05, 0.1) is 0 Å². The van der Waals surface area contributed by atoms with Crippen LogP contribution < -0.4 is 5.73 Å². The number of amides is 2. The molecule has 106 valence electrons. The summed E-state index contributed by atoms with van der Waals surface area (Å²) in [7, 11) is 0. The van der Waals surface area contributed by atoms with Crippen LogP contribution in [0.3, 0.4) is 0 Å². The number of urea groups is 1. The Bertz CT molecular complexity index is 742. The van der Waals surface area contributed by atoms with E-state index < -0.39 is 6.03 Å². The zero-order chi connectivity index (χ0) is 15.4. The first-order valence-electron chi connectivity index (χ1n) is 6.11. The molecule has 1 aliphatic carbocycles. The third-order valence-corrected chi connectivity index (χ3v) is 4.46. The van der Waals surface area contributed by atoms with Gasteiger partial charge in [-0.05, 0) is 30.7 Å². The summed E-state index contributed by atoms with van der Waals surface area (Å²) in [6, 6.07) is 9.36. The first kappa shape index (κ1) is 15.5. The number of primary amides is 1. The van der Waals surface area contributed by atoms with Crippen molar-refractivity contribution in [3.63, 3.8) is 0 Å². The van der Waals surface area contributed by atoms with Gasteiger partial charge < -0.3 is 0 Å². The summed E-state index contributed by atoms with van der Waals surface area (Å²) >= 11 is 4.85. The fraction of sp³-hybridized carbons (Fsp3) is 0.133. The molecular formula is C15H12BrN2O2S+. The summed E-state index contributed by atoms with van der Waals surface area (Å²) in [5, 5.41) is 0. The maximum absolute atomic E-state index is 12.0. The summed E-state index contributed by atoms with van der Waals surface area (Å²) in [5.74, 6) is -0.122. The number of ketones is 1. The van der Waals surface area contributed by atoms with Crippen LogP contribution in [0.4, 0.5) is 4.79 Å². The van der Waals surface area contributed by atoms with Gasteiger partial charge in [0, 0.05) is 20.7 Å². The van der Waals surface area contributed by atoms with Crippen LogP contribution in [0.1, 0.15) is 13.3 Å². The minimum absolute atomic E-state index is 0.122. The molecule has 0 saturated heterocycles. The lowest BCUT2D eigenvalue weighted by molar-refractivity contribution is -0.114. The molecule has 0 spiro atoms. The van der Waals surface area contributed by atoms with E-state index in [9.17, 15) is 9.59 Å². The van der Waals surface area contributed by atoms with Crippen molar-refractivity contribution in [2.24, 2.45) is 5.73 Å². The van der Waals surface area contributed by atoms with E-state index in [0.29, 0.717) is 5.57 Å². The maximum Gasteiger partial charge on any atom is 0.596 e. The van der Waals surface area contributed by atoms with E-state index in [-0.39, 0.29) is 12.2 Å². The van der Waals surface area contributed by atoms with Crippen molar-refractivity contribution in [2.75, 3.05) is 0 Å². The number of thioether (sulfide) groups is 1. The van der Waals surface area contributed by atoms with Gasteiger partial charge in [-0.25, -0.2) is 5.73 Å². The predicted octanol–water partition coefficient (Wildman–Crippen LogP) is 4.13. The second-order valence-corrected chi connectivity index (χ2v) is 6.34. The second kappa shape index (κ2) is 6.74. The molecule has 0 aliphatic heterocycles. The normalized spacial score (nSPS) is 14.4. The van der Waals surface area contributed by atoms with Crippen LogP contribution in [0.25, 0.3) is 4.85 Å². The van der Waals surface area contributed by atoms with E-state index in [4.69, 9.17) is 5.73 Å². The fourth-order valence-corrected chi connectivity index (χ4v) is 3.39. The predicted molar refractivity (Wildman–Crippen MR) is 87.2 cm³/mol. The minimum atomic E-state index is -0.866. The van der Waals surface area contributed by atoms with Crippen molar-refractivity contribution in [2.45, 2.75) is 18.2 Å². The van der Waals surface area contributed by atoms with Crippen LogP contribution in [-0.2, 0) is 4.79 Å². The summed E-state index contributed by atoms with van der Waals surface area (Å²) < 4.78 is 0.952. The molecule has 21 heavy (non-hydrogen) atoms. The number of hydrogen-bond acceptors (Lipinski definition) is 3. The first-order chi connectivity index (χ1) is 9.97. The Morgan fingerprint density at radius 1 is 1.48 bits per heavy atom. The number of carbonyl (C=O) groups excluding carboxylic acids is 2. The van der Waals surface area contributed by atoms with E-state index in [0.717, 1.165) is 19.8 Å². The van der Waals surface area contributed by atoms with Gasteiger partial charge in [0.25, 0.3) is 0 Å². The molecule has 0 radical (unpaired) electrons. The lowest BCUT2D eigenvalue weighted by Gasteiger charge is -2.14. The highest BCUT2D eigenvalue weighted by atomic mass is 79.9. The zero-order valence-corrected chi connectivity index (χ0v) is 13.6. The minimum Gasteiger partial charge on any atom is -0.293 e. The van der Waals surface area contributed by atoms with Crippen LogP contribution in [0.2, 0.25) is 0 Å². The number of halogens is 1. The quantitative estimate of drug-likeness (QED) is 0.858. The third kappa shape index (κ3) is 4.06. The standard InChI is InChI=1S/C15H11BrN2O2S/c1-9-5-6-13(19)12(8-18-15(17)20)14(9)21-11-4-2-3-10(16)7-11/h2-5,7H,6H2,1H3,(H-,17,20)/p+1. The van der Waals surface area contributed by atoms with E-state index in [2.05, 4.69) is 26.8 Å². The van der Waals surface area contributed by atoms with Gasteiger partial charge in [-0.3, -0.25) is 4.79 Å². The summed E-state index contributed by atoms with van der Waals surface area (Å²) in [6.45, 7) is 1.92. The number of rotatable bonds is 2. The number of carbonyl (C=O) groups is 2. The Hall–Kier alpha value is -1.84. The van der Waals surface area contributed by atoms with E-state index in [1.54, 1.807) is 0 Å². The average Bonchev–Trinajstić information content (AvgIpc) is 2.42. The van der Waals surface area contributed by atoms with Gasteiger partial charge in [0.15, 0.2) is 5.78 Å². The highest BCUT2D eigenvalue weighted by Crippen LogP contribution is 2.37. The Morgan fingerprint density at radius 2 is 2.24 bits per heavy atom. The molecule has 1 aliphatic rings. The van der Waals surface area contributed by atoms with E-state index in [1.165, 1.54) is 11.8 Å². The number of allylic oxidation sites excluding steroid dienone is 3. The Morgan fingerprint density at radius 3 is 2.90 bits per heavy atom. The van der Waals surface area contributed by atoms with Crippen LogP contribution in [0.5, 0.6) is 0 Å². The molecule has 2 N–H and O–H groups in total. The lowest BCUT2D eigenvalue weighted by Crippen LogP contribution is -2.09. The van der Waals surface area contributed by atoms with Gasteiger partial charge in [-0.15, -0.1) is 4.85 Å². The molecule has 0 unspecified atom stereocenters. The summed E-state index contributed by atoms with van der Waals surface area (Å²) in [5.41, 5.74) is 6.24. The third-order valence-electron chi connectivity index (χ3n) is 2.75. The molecule has 0 atom stereocenters. The fourth-order valence-electron chi connectivity index (χ4n) is 1.77.